The molecule has 114 valence electrons. The van der Waals surface area contributed by atoms with Crippen LogP contribution in [0.3, 0.4) is 0 Å². The van der Waals surface area contributed by atoms with Gasteiger partial charge >= 0.3 is 5.97 Å². The zero-order valence-electron chi connectivity index (χ0n) is 12.1. The van der Waals surface area contributed by atoms with Crippen LogP contribution in [0.15, 0.2) is 18.2 Å². The van der Waals surface area contributed by atoms with E-state index >= 15 is 0 Å². The maximum atomic E-state index is 11.1. The van der Waals surface area contributed by atoms with E-state index in [2.05, 4.69) is 4.90 Å². The van der Waals surface area contributed by atoms with Gasteiger partial charge in [0.05, 0.1) is 4.92 Å². The Morgan fingerprint density at radius 1 is 1.38 bits per heavy atom. The number of benzene rings is 1. The summed E-state index contributed by atoms with van der Waals surface area (Å²) in [4.78, 5) is 23.7. The number of nitrogens with zero attached hydrogens (tertiary/aromatic N) is 2. The molecule has 6 heteroatoms. The van der Waals surface area contributed by atoms with Gasteiger partial charge in [0, 0.05) is 24.3 Å². The number of nitro benzene ring substituents is 1. The number of carboxylic acids is 1. The van der Waals surface area contributed by atoms with Crippen molar-refractivity contribution in [2.45, 2.75) is 45.1 Å². The molecule has 0 amide bonds. The first-order chi connectivity index (χ1) is 10.0. The predicted octanol–water partition coefficient (Wildman–Crippen LogP) is 3.45. The van der Waals surface area contributed by atoms with Crippen molar-refractivity contribution in [2.75, 3.05) is 11.4 Å². The van der Waals surface area contributed by atoms with E-state index in [1.165, 1.54) is 31.4 Å². The van der Waals surface area contributed by atoms with Crippen molar-refractivity contribution in [3.05, 3.63) is 33.9 Å². The van der Waals surface area contributed by atoms with Crippen LogP contribution in [0.2, 0.25) is 0 Å². The third-order valence-electron chi connectivity index (χ3n) is 4.10. The van der Waals surface area contributed by atoms with Gasteiger partial charge in [-0.05, 0) is 31.9 Å². The van der Waals surface area contributed by atoms with Crippen LogP contribution in [0.5, 0.6) is 0 Å². The number of rotatable bonds is 5. The third kappa shape index (κ3) is 3.32. The van der Waals surface area contributed by atoms with E-state index in [0.29, 0.717) is 6.04 Å². The Kier molecular flexibility index (Phi) is 4.77. The fraction of sp³-hybridized carbons (Fsp3) is 0.533. The molecule has 1 N–H and O–H groups in total. The molecule has 2 rings (SSSR count). The van der Waals surface area contributed by atoms with Crippen LogP contribution in [0.4, 0.5) is 11.4 Å². The summed E-state index contributed by atoms with van der Waals surface area (Å²) in [6, 6.07) is 4.79. The summed E-state index contributed by atoms with van der Waals surface area (Å²) in [5, 5.41) is 20.1. The Morgan fingerprint density at radius 2 is 2.05 bits per heavy atom. The summed E-state index contributed by atoms with van der Waals surface area (Å²) < 4.78 is 0. The summed E-state index contributed by atoms with van der Waals surface area (Å²) in [6.45, 7) is 2.78. The van der Waals surface area contributed by atoms with E-state index in [1.807, 2.05) is 6.92 Å². The average molecular weight is 292 g/mol. The van der Waals surface area contributed by atoms with Crippen molar-refractivity contribution in [1.82, 2.24) is 0 Å². The monoisotopic (exact) mass is 292 g/mol. The Morgan fingerprint density at radius 3 is 2.57 bits per heavy atom. The summed E-state index contributed by atoms with van der Waals surface area (Å²) in [5.74, 6) is -1.27. The highest BCUT2D eigenvalue weighted by atomic mass is 16.6. The number of anilines is 1. The molecule has 1 fully saturated rings. The normalized spacial score (nSPS) is 15.7. The van der Waals surface area contributed by atoms with Crippen molar-refractivity contribution in [2.24, 2.45) is 0 Å². The van der Waals surface area contributed by atoms with Crippen LogP contribution in [-0.2, 0) is 0 Å². The molecule has 0 atom stereocenters. The van der Waals surface area contributed by atoms with Crippen LogP contribution in [0, 0.1) is 10.1 Å². The molecule has 0 radical (unpaired) electrons. The lowest BCUT2D eigenvalue weighted by Crippen LogP contribution is -2.36. The molecular weight excluding hydrogens is 272 g/mol. The highest BCUT2D eigenvalue weighted by molar-refractivity contribution is 5.93. The molecule has 21 heavy (non-hydrogen) atoms. The minimum absolute atomic E-state index is 0.261. The van der Waals surface area contributed by atoms with Gasteiger partial charge in [0.1, 0.15) is 5.56 Å². The van der Waals surface area contributed by atoms with Gasteiger partial charge in [-0.15, -0.1) is 0 Å². The number of nitro groups is 1. The number of hydrogen-bond donors (Lipinski definition) is 1. The second-order valence-corrected chi connectivity index (χ2v) is 5.34. The highest BCUT2D eigenvalue weighted by Crippen LogP contribution is 2.31. The second kappa shape index (κ2) is 6.56. The van der Waals surface area contributed by atoms with E-state index in [-0.39, 0.29) is 11.3 Å². The molecule has 0 unspecified atom stereocenters. The van der Waals surface area contributed by atoms with E-state index in [4.69, 9.17) is 5.11 Å². The molecule has 0 spiro atoms. The minimum atomic E-state index is -1.27. The Hall–Kier alpha value is -2.11. The van der Waals surface area contributed by atoms with E-state index in [0.717, 1.165) is 25.1 Å². The smallest absolute Gasteiger partial charge is 0.342 e. The topological polar surface area (TPSA) is 83.7 Å². The molecule has 0 aliphatic heterocycles. The first-order valence-electron chi connectivity index (χ1n) is 7.33. The van der Waals surface area contributed by atoms with Crippen molar-refractivity contribution < 1.29 is 14.8 Å². The van der Waals surface area contributed by atoms with Gasteiger partial charge in [-0.25, -0.2) is 4.79 Å². The van der Waals surface area contributed by atoms with Crippen molar-refractivity contribution >= 4 is 17.3 Å². The number of hydrogen-bond acceptors (Lipinski definition) is 4. The van der Waals surface area contributed by atoms with Crippen LogP contribution >= 0.6 is 0 Å². The number of carbonyl (C=O) groups is 1. The summed E-state index contributed by atoms with van der Waals surface area (Å²) in [7, 11) is 0. The van der Waals surface area contributed by atoms with Crippen LogP contribution in [0.1, 0.15) is 49.4 Å². The van der Waals surface area contributed by atoms with Crippen LogP contribution in [-0.4, -0.2) is 28.6 Å². The molecule has 0 saturated heterocycles. The maximum Gasteiger partial charge on any atom is 0.342 e. The molecule has 0 bridgehead atoms. The molecular formula is C15H20N2O4. The average Bonchev–Trinajstić information content (AvgIpc) is 2.48. The SMILES string of the molecule is CCN(c1ccc(C(=O)O)c([N+](=O)[O-])c1)C1CCCCC1. The van der Waals surface area contributed by atoms with Gasteiger partial charge in [-0.1, -0.05) is 19.3 Å². The predicted molar refractivity (Wildman–Crippen MR) is 79.9 cm³/mol. The first-order valence-corrected chi connectivity index (χ1v) is 7.33. The molecule has 1 aliphatic rings. The fourth-order valence-electron chi connectivity index (χ4n) is 3.07. The lowest BCUT2D eigenvalue weighted by atomic mass is 9.93. The summed E-state index contributed by atoms with van der Waals surface area (Å²) in [5.41, 5.74) is 0.138. The van der Waals surface area contributed by atoms with Crippen molar-refractivity contribution in [3.63, 3.8) is 0 Å². The standard InChI is InChI=1S/C15H20N2O4/c1-2-16(11-6-4-3-5-7-11)12-8-9-13(15(18)19)14(10-12)17(20)21/h8-11H,2-7H2,1H3,(H,18,19). The van der Waals surface area contributed by atoms with Gasteiger partial charge in [0.25, 0.3) is 5.69 Å². The molecule has 1 aliphatic carbocycles. The van der Waals surface area contributed by atoms with E-state index in [9.17, 15) is 14.9 Å². The first kappa shape index (κ1) is 15.3. The largest absolute Gasteiger partial charge is 0.477 e. The summed E-state index contributed by atoms with van der Waals surface area (Å²) in [6.07, 6.45) is 5.77. The van der Waals surface area contributed by atoms with Crippen LogP contribution < -0.4 is 4.90 Å². The Bertz CT molecular complexity index is 538. The van der Waals surface area contributed by atoms with Gasteiger partial charge < -0.3 is 10.0 Å². The van der Waals surface area contributed by atoms with Gasteiger partial charge in [-0.2, -0.15) is 0 Å². The third-order valence-corrected chi connectivity index (χ3v) is 4.10. The van der Waals surface area contributed by atoms with Crippen LogP contribution in [0.25, 0.3) is 0 Å². The number of carboxylic acid groups (broad SMARTS) is 1. The quantitative estimate of drug-likeness (QED) is 0.663. The maximum absolute atomic E-state index is 11.1. The van der Waals surface area contributed by atoms with Gasteiger partial charge in [0.2, 0.25) is 0 Å². The van der Waals surface area contributed by atoms with E-state index in [1.54, 1.807) is 6.07 Å². The number of aromatic carboxylic acids is 1. The van der Waals surface area contributed by atoms with Gasteiger partial charge in [0.15, 0.2) is 0 Å². The van der Waals surface area contributed by atoms with Crippen molar-refractivity contribution in [3.8, 4) is 0 Å². The molecule has 6 nitrogen and oxygen atoms in total. The fourth-order valence-corrected chi connectivity index (χ4v) is 3.07. The Labute approximate surface area is 123 Å². The molecule has 1 aromatic rings. The molecule has 0 heterocycles. The van der Waals surface area contributed by atoms with E-state index < -0.39 is 10.9 Å². The highest BCUT2D eigenvalue weighted by Gasteiger charge is 2.25. The second-order valence-electron chi connectivity index (χ2n) is 5.34. The molecule has 1 saturated carbocycles. The van der Waals surface area contributed by atoms with Gasteiger partial charge in [-0.3, -0.25) is 10.1 Å². The zero-order valence-corrected chi connectivity index (χ0v) is 12.1. The Balaban J connectivity index is 2.35. The lowest BCUT2D eigenvalue weighted by Gasteiger charge is -2.35. The molecule has 1 aromatic carbocycles. The van der Waals surface area contributed by atoms with Crippen molar-refractivity contribution in [1.29, 1.82) is 0 Å². The summed E-state index contributed by atoms with van der Waals surface area (Å²) >= 11 is 0. The molecule has 0 aromatic heterocycles. The zero-order chi connectivity index (χ0) is 15.4. The lowest BCUT2D eigenvalue weighted by molar-refractivity contribution is -0.385. The minimum Gasteiger partial charge on any atom is -0.477 e.